The monoisotopic (exact) mass is 127 g/mol. The summed E-state index contributed by atoms with van der Waals surface area (Å²) in [6, 6.07) is -0.530. The zero-order valence-electron chi connectivity index (χ0n) is 4.81. The third-order valence-corrected chi connectivity index (χ3v) is 1.31. The van der Waals surface area contributed by atoms with Crippen LogP contribution in [0.4, 0.5) is 0 Å². The quantitative estimate of drug-likeness (QED) is 0.494. The van der Waals surface area contributed by atoms with Gasteiger partial charge in [-0.3, -0.25) is 15.3 Å². The summed E-state index contributed by atoms with van der Waals surface area (Å²) >= 11 is 0. The van der Waals surface area contributed by atoms with E-state index in [1.807, 2.05) is 0 Å². The van der Waals surface area contributed by atoms with Crippen molar-refractivity contribution >= 4 is 11.8 Å². The van der Waals surface area contributed by atoms with E-state index in [1.165, 1.54) is 0 Å². The van der Waals surface area contributed by atoms with Crippen LogP contribution < -0.4 is 11.1 Å². The molecule has 0 aliphatic carbocycles. The zero-order chi connectivity index (χ0) is 6.85. The SMILES string of the molecule is [NH]C(=O)C1CCC(=O)N1. The second-order valence-corrected chi connectivity index (χ2v) is 2.02. The zero-order valence-corrected chi connectivity index (χ0v) is 4.81. The van der Waals surface area contributed by atoms with E-state index in [0.29, 0.717) is 12.8 Å². The molecule has 1 fully saturated rings. The molecule has 1 atom stereocenters. The Kier molecular flexibility index (Phi) is 1.38. The van der Waals surface area contributed by atoms with Crippen LogP contribution in [-0.2, 0) is 9.59 Å². The van der Waals surface area contributed by atoms with E-state index in [4.69, 9.17) is 5.73 Å². The standard InChI is InChI=1S/C5H7N2O2/c6-5(9)3-1-2-4(8)7-3/h3,6H,1-2H2,(H,7,8). The van der Waals surface area contributed by atoms with Gasteiger partial charge in [0.15, 0.2) is 0 Å². The van der Waals surface area contributed by atoms with Gasteiger partial charge in [-0.25, -0.2) is 0 Å². The molecule has 9 heavy (non-hydrogen) atoms. The second-order valence-electron chi connectivity index (χ2n) is 2.02. The van der Waals surface area contributed by atoms with Crippen molar-refractivity contribution in [3.05, 3.63) is 0 Å². The first-order valence-electron chi connectivity index (χ1n) is 2.75. The molecule has 0 aromatic carbocycles. The summed E-state index contributed by atoms with van der Waals surface area (Å²) < 4.78 is 0. The van der Waals surface area contributed by atoms with Crippen molar-refractivity contribution in [2.24, 2.45) is 0 Å². The molecule has 1 saturated heterocycles. The summed E-state index contributed by atoms with van der Waals surface area (Å²) in [5, 5.41) is 2.38. The molecular weight excluding hydrogens is 120 g/mol. The van der Waals surface area contributed by atoms with Gasteiger partial charge in [0.25, 0.3) is 5.91 Å². The van der Waals surface area contributed by atoms with Gasteiger partial charge >= 0.3 is 0 Å². The molecule has 1 radical (unpaired) electrons. The third kappa shape index (κ3) is 1.19. The molecule has 0 saturated carbocycles. The van der Waals surface area contributed by atoms with Gasteiger partial charge in [-0.05, 0) is 6.42 Å². The van der Waals surface area contributed by atoms with Crippen molar-refractivity contribution < 1.29 is 9.59 Å². The predicted octanol–water partition coefficient (Wildman–Crippen LogP) is -0.926. The van der Waals surface area contributed by atoms with Crippen LogP contribution in [0.15, 0.2) is 0 Å². The maximum absolute atomic E-state index is 10.4. The van der Waals surface area contributed by atoms with Gasteiger partial charge in [0, 0.05) is 6.42 Å². The van der Waals surface area contributed by atoms with Crippen LogP contribution in [0.25, 0.3) is 0 Å². The van der Waals surface area contributed by atoms with Crippen molar-refractivity contribution in [2.45, 2.75) is 18.9 Å². The van der Waals surface area contributed by atoms with E-state index in [2.05, 4.69) is 5.32 Å². The first kappa shape index (κ1) is 6.07. The number of nitrogens with one attached hydrogen (secondary N) is 2. The first-order chi connectivity index (χ1) is 4.20. The minimum atomic E-state index is -0.694. The van der Waals surface area contributed by atoms with Crippen LogP contribution in [0.5, 0.6) is 0 Å². The number of carbonyl (C=O) groups is 2. The van der Waals surface area contributed by atoms with E-state index in [0.717, 1.165) is 0 Å². The van der Waals surface area contributed by atoms with Crippen molar-refractivity contribution in [3.8, 4) is 0 Å². The Morgan fingerprint density at radius 2 is 2.44 bits per heavy atom. The van der Waals surface area contributed by atoms with Gasteiger partial charge < -0.3 is 5.32 Å². The molecule has 2 N–H and O–H groups in total. The van der Waals surface area contributed by atoms with Crippen molar-refractivity contribution in [1.82, 2.24) is 11.1 Å². The lowest BCUT2D eigenvalue weighted by Gasteiger charge is -2.00. The molecule has 1 rings (SSSR count). The molecule has 1 aliphatic rings. The van der Waals surface area contributed by atoms with Gasteiger partial charge in [-0.1, -0.05) is 0 Å². The molecule has 0 bridgehead atoms. The normalized spacial score (nSPS) is 25.8. The summed E-state index contributed by atoms with van der Waals surface area (Å²) in [6.07, 6.45) is 0.871. The summed E-state index contributed by atoms with van der Waals surface area (Å²) in [6.45, 7) is 0. The minimum Gasteiger partial charge on any atom is -0.344 e. The second kappa shape index (κ2) is 2.05. The molecule has 1 unspecified atom stereocenters. The van der Waals surface area contributed by atoms with Crippen LogP contribution in [0, 0.1) is 0 Å². The predicted molar refractivity (Wildman–Crippen MR) is 29.3 cm³/mol. The molecule has 0 spiro atoms. The Labute approximate surface area is 52.4 Å². The van der Waals surface area contributed by atoms with Gasteiger partial charge in [0.05, 0.1) is 0 Å². The molecule has 4 nitrogen and oxygen atoms in total. The van der Waals surface area contributed by atoms with Gasteiger partial charge in [-0.15, -0.1) is 0 Å². The number of carbonyl (C=O) groups excluding carboxylic acids is 2. The largest absolute Gasteiger partial charge is 0.344 e. The Bertz CT molecular complexity index is 155. The summed E-state index contributed by atoms with van der Waals surface area (Å²) in [5.74, 6) is -0.818. The average Bonchev–Trinajstić information content (AvgIpc) is 2.14. The number of hydrogen-bond donors (Lipinski definition) is 1. The fourth-order valence-corrected chi connectivity index (χ4v) is 0.811. The lowest BCUT2D eigenvalue weighted by Crippen LogP contribution is -2.33. The highest BCUT2D eigenvalue weighted by Crippen LogP contribution is 2.04. The van der Waals surface area contributed by atoms with Crippen molar-refractivity contribution in [2.75, 3.05) is 0 Å². The highest BCUT2D eigenvalue weighted by atomic mass is 16.2. The molecule has 49 valence electrons. The summed E-state index contributed by atoms with van der Waals surface area (Å²) in [4.78, 5) is 20.7. The fourth-order valence-electron chi connectivity index (χ4n) is 0.811. The molecule has 2 amide bonds. The number of amides is 2. The van der Waals surface area contributed by atoms with Crippen LogP contribution in [0.3, 0.4) is 0 Å². The average molecular weight is 127 g/mol. The number of rotatable bonds is 1. The van der Waals surface area contributed by atoms with E-state index in [-0.39, 0.29) is 5.91 Å². The van der Waals surface area contributed by atoms with E-state index >= 15 is 0 Å². The maximum atomic E-state index is 10.4. The van der Waals surface area contributed by atoms with Crippen molar-refractivity contribution in [1.29, 1.82) is 0 Å². The smallest absolute Gasteiger partial charge is 0.260 e. The molecule has 0 aromatic rings. The third-order valence-electron chi connectivity index (χ3n) is 1.31. The van der Waals surface area contributed by atoms with Crippen LogP contribution in [-0.4, -0.2) is 17.9 Å². The van der Waals surface area contributed by atoms with E-state index in [9.17, 15) is 9.59 Å². The topological polar surface area (TPSA) is 70.0 Å². The van der Waals surface area contributed by atoms with Crippen LogP contribution in [0.1, 0.15) is 12.8 Å². The first-order valence-corrected chi connectivity index (χ1v) is 2.75. The van der Waals surface area contributed by atoms with Crippen LogP contribution >= 0.6 is 0 Å². The van der Waals surface area contributed by atoms with Gasteiger partial charge in [0.2, 0.25) is 5.91 Å². The Balaban J connectivity index is 2.48. The van der Waals surface area contributed by atoms with E-state index < -0.39 is 11.9 Å². The lowest BCUT2D eigenvalue weighted by atomic mass is 10.2. The Hall–Kier alpha value is -1.06. The van der Waals surface area contributed by atoms with Crippen molar-refractivity contribution in [3.63, 3.8) is 0 Å². The Morgan fingerprint density at radius 1 is 1.78 bits per heavy atom. The maximum Gasteiger partial charge on any atom is 0.260 e. The fraction of sp³-hybridized carbons (Fsp3) is 0.600. The van der Waals surface area contributed by atoms with Crippen LogP contribution in [0.2, 0.25) is 0 Å². The molecule has 4 heteroatoms. The molecular formula is C5H7N2O2. The number of hydrogen-bond acceptors (Lipinski definition) is 2. The molecule has 1 aliphatic heterocycles. The molecule has 0 aromatic heterocycles. The molecule has 1 heterocycles. The van der Waals surface area contributed by atoms with Gasteiger partial charge in [0.1, 0.15) is 6.04 Å². The summed E-state index contributed by atoms with van der Waals surface area (Å²) in [7, 11) is 0. The highest BCUT2D eigenvalue weighted by Gasteiger charge is 2.25. The summed E-state index contributed by atoms with van der Waals surface area (Å²) in [5.41, 5.74) is 6.61. The lowest BCUT2D eigenvalue weighted by molar-refractivity contribution is -0.124. The van der Waals surface area contributed by atoms with Gasteiger partial charge in [-0.2, -0.15) is 0 Å². The minimum absolute atomic E-state index is 0.124. The van der Waals surface area contributed by atoms with E-state index in [1.54, 1.807) is 0 Å². The highest BCUT2D eigenvalue weighted by molar-refractivity contribution is 5.89. The Morgan fingerprint density at radius 3 is 2.67 bits per heavy atom.